The monoisotopic (exact) mass is 200 g/mol. The third kappa shape index (κ3) is 1.45. The minimum atomic E-state index is -0.422. The van der Waals surface area contributed by atoms with Crippen molar-refractivity contribution in [2.45, 2.75) is 24.9 Å². The van der Waals surface area contributed by atoms with E-state index in [4.69, 9.17) is 11.6 Å². The molecule has 0 saturated heterocycles. The van der Waals surface area contributed by atoms with E-state index in [1.165, 1.54) is 6.07 Å². The Morgan fingerprint density at radius 3 is 2.62 bits per heavy atom. The largest absolute Gasteiger partial charge is 0.392 e. The van der Waals surface area contributed by atoms with Crippen LogP contribution in [0.5, 0.6) is 0 Å². The Balaban J connectivity index is 2.38. The van der Waals surface area contributed by atoms with Crippen LogP contribution in [-0.2, 0) is 0 Å². The molecule has 0 bridgehead atoms. The zero-order valence-corrected chi connectivity index (χ0v) is 7.76. The maximum absolute atomic E-state index is 13.3. The number of aliphatic hydroxyl groups excluding tert-OH is 1. The lowest BCUT2D eigenvalue weighted by molar-refractivity contribution is 0.0645. The highest BCUT2D eigenvalue weighted by Gasteiger charge is 2.33. The maximum atomic E-state index is 13.3. The molecule has 1 aromatic rings. The molecule has 1 aromatic carbocycles. The number of hydrogen-bond donors (Lipinski definition) is 1. The highest BCUT2D eigenvalue weighted by atomic mass is 35.5. The Kier molecular flexibility index (Phi) is 2.26. The van der Waals surface area contributed by atoms with Crippen LogP contribution < -0.4 is 0 Å². The van der Waals surface area contributed by atoms with E-state index in [-0.39, 0.29) is 11.7 Å². The molecule has 1 fully saturated rings. The third-order valence-electron chi connectivity index (χ3n) is 2.61. The Hall–Kier alpha value is -0.600. The van der Waals surface area contributed by atoms with Gasteiger partial charge in [-0.1, -0.05) is 17.7 Å². The summed E-state index contributed by atoms with van der Waals surface area (Å²) >= 11 is 5.85. The molecule has 3 heteroatoms. The van der Waals surface area contributed by atoms with Crippen molar-refractivity contribution in [3.05, 3.63) is 34.6 Å². The molecule has 70 valence electrons. The molecule has 0 heterocycles. The number of hydrogen-bond acceptors (Lipinski definition) is 1. The average molecular weight is 201 g/mol. The fraction of sp³-hybridized carbons (Fsp3) is 0.400. The van der Waals surface area contributed by atoms with E-state index in [9.17, 15) is 9.50 Å². The first-order valence-electron chi connectivity index (χ1n) is 4.32. The van der Waals surface area contributed by atoms with Gasteiger partial charge in [-0.05, 0) is 25.0 Å². The summed E-state index contributed by atoms with van der Waals surface area (Å²) in [5.41, 5.74) is 0.475. The molecule has 2 rings (SSSR count). The summed E-state index contributed by atoms with van der Waals surface area (Å²) in [5, 5.41) is 9.80. The van der Waals surface area contributed by atoms with Gasteiger partial charge in [0.25, 0.3) is 0 Å². The van der Waals surface area contributed by atoms with Crippen LogP contribution in [0.15, 0.2) is 18.2 Å². The molecule has 2 unspecified atom stereocenters. The number of rotatable bonds is 1. The molecule has 1 N–H and O–H groups in total. The second-order valence-corrected chi connectivity index (χ2v) is 3.79. The van der Waals surface area contributed by atoms with Crippen LogP contribution in [0.25, 0.3) is 0 Å². The maximum Gasteiger partial charge on any atom is 0.128 e. The van der Waals surface area contributed by atoms with Crippen LogP contribution >= 0.6 is 11.6 Å². The standard InChI is InChI=1S/C10H10ClFO/c11-7-2-1-3-8(12)10(7)6-4-5-9(6)13/h1-3,6,9,13H,4-5H2. The summed E-state index contributed by atoms with van der Waals surface area (Å²) < 4.78 is 13.3. The predicted molar refractivity (Wildman–Crippen MR) is 49.4 cm³/mol. The van der Waals surface area contributed by atoms with Crippen molar-refractivity contribution in [3.8, 4) is 0 Å². The molecular formula is C10H10ClFO. The van der Waals surface area contributed by atoms with Crippen molar-refractivity contribution in [2.75, 3.05) is 0 Å². The SMILES string of the molecule is OC1CCC1c1c(F)cccc1Cl. The van der Waals surface area contributed by atoms with Gasteiger partial charge in [0.05, 0.1) is 6.10 Å². The zero-order chi connectivity index (χ0) is 9.42. The molecular weight excluding hydrogens is 191 g/mol. The Morgan fingerprint density at radius 1 is 1.38 bits per heavy atom. The van der Waals surface area contributed by atoms with Gasteiger partial charge in [0.15, 0.2) is 0 Å². The molecule has 1 aliphatic rings. The predicted octanol–water partition coefficient (Wildman–Crippen LogP) is 2.72. The normalized spacial score (nSPS) is 27.0. The molecule has 1 saturated carbocycles. The van der Waals surface area contributed by atoms with Crippen molar-refractivity contribution in [1.29, 1.82) is 0 Å². The van der Waals surface area contributed by atoms with Gasteiger partial charge >= 0.3 is 0 Å². The van der Waals surface area contributed by atoms with Gasteiger partial charge in [-0.25, -0.2) is 4.39 Å². The van der Waals surface area contributed by atoms with Crippen molar-refractivity contribution in [1.82, 2.24) is 0 Å². The third-order valence-corrected chi connectivity index (χ3v) is 2.94. The van der Waals surface area contributed by atoms with Gasteiger partial charge in [-0.15, -0.1) is 0 Å². The molecule has 1 aliphatic carbocycles. The van der Waals surface area contributed by atoms with E-state index in [1.54, 1.807) is 12.1 Å². The van der Waals surface area contributed by atoms with Gasteiger partial charge in [0.1, 0.15) is 5.82 Å². The van der Waals surface area contributed by atoms with E-state index in [0.29, 0.717) is 10.6 Å². The van der Waals surface area contributed by atoms with Gasteiger partial charge in [0, 0.05) is 16.5 Å². The minimum absolute atomic E-state index is 0.103. The zero-order valence-electron chi connectivity index (χ0n) is 7.00. The topological polar surface area (TPSA) is 20.2 Å². The van der Waals surface area contributed by atoms with E-state index in [1.807, 2.05) is 0 Å². The molecule has 1 nitrogen and oxygen atoms in total. The van der Waals surface area contributed by atoms with E-state index < -0.39 is 6.10 Å². The van der Waals surface area contributed by atoms with Crippen LogP contribution in [0.3, 0.4) is 0 Å². The first kappa shape index (κ1) is 8.97. The fourth-order valence-electron chi connectivity index (χ4n) is 1.68. The molecule has 0 spiro atoms. The fourth-order valence-corrected chi connectivity index (χ4v) is 1.99. The lowest BCUT2D eigenvalue weighted by Crippen LogP contribution is -2.29. The van der Waals surface area contributed by atoms with Crippen molar-refractivity contribution in [3.63, 3.8) is 0 Å². The summed E-state index contributed by atoms with van der Waals surface area (Å²) in [6, 6.07) is 4.61. The first-order chi connectivity index (χ1) is 6.20. The highest BCUT2D eigenvalue weighted by molar-refractivity contribution is 6.31. The van der Waals surface area contributed by atoms with Crippen LogP contribution in [0.2, 0.25) is 5.02 Å². The van der Waals surface area contributed by atoms with Crippen molar-refractivity contribution < 1.29 is 9.50 Å². The summed E-state index contributed by atoms with van der Waals surface area (Å²) in [5.74, 6) is -0.412. The van der Waals surface area contributed by atoms with E-state index in [0.717, 1.165) is 12.8 Å². The van der Waals surface area contributed by atoms with E-state index >= 15 is 0 Å². The van der Waals surface area contributed by atoms with Gasteiger partial charge in [-0.3, -0.25) is 0 Å². The van der Waals surface area contributed by atoms with Crippen molar-refractivity contribution in [2.24, 2.45) is 0 Å². The second kappa shape index (κ2) is 3.28. The molecule has 0 aromatic heterocycles. The molecule has 13 heavy (non-hydrogen) atoms. The summed E-state index contributed by atoms with van der Waals surface area (Å²) in [6.45, 7) is 0. The van der Waals surface area contributed by atoms with Gasteiger partial charge in [0.2, 0.25) is 0 Å². The Labute approximate surface area is 81.1 Å². The molecule has 0 amide bonds. The van der Waals surface area contributed by atoms with E-state index in [2.05, 4.69) is 0 Å². The lowest BCUT2D eigenvalue weighted by Gasteiger charge is -2.33. The molecule has 0 aliphatic heterocycles. The first-order valence-corrected chi connectivity index (χ1v) is 4.70. The van der Waals surface area contributed by atoms with Crippen molar-refractivity contribution >= 4 is 11.6 Å². The smallest absolute Gasteiger partial charge is 0.128 e. The van der Waals surface area contributed by atoms with Crippen LogP contribution in [0.1, 0.15) is 24.3 Å². The highest BCUT2D eigenvalue weighted by Crippen LogP contribution is 2.41. The average Bonchev–Trinajstić information content (AvgIpc) is 2.09. The summed E-state index contributed by atoms with van der Waals surface area (Å²) in [4.78, 5) is 0. The Bertz CT molecular complexity index is 306. The van der Waals surface area contributed by atoms with Crippen LogP contribution in [0, 0.1) is 5.82 Å². The van der Waals surface area contributed by atoms with Crippen LogP contribution in [-0.4, -0.2) is 11.2 Å². The molecule has 2 atom stereocenters. The van der Waals surface area contributed by atoms with Gasteiger partial charge < -0.3 is 5.11 Å². The quantitative estimate of drug-likeness (QED) is 0.739. The molecule has 0 radical (unpaired) electrons. The number of aliphatic hydroxyl groups is 1. The summed E-state index contributed by atoms with van der Waals surface area (Å²) in [7, 11) is 0. The second-order valence-electron chi connectivity index (χ2n) is 3.39. The number of benzene rings is 1. The number of halogens is 2. The Morgan fingerprint density at radius 2 is 2.15 bits per heavy atom. The summed E-state index contributed by atoms with van der Waals surface area (Å²) in [6.07, 6.45) is 1.14. The van der Waals surface area contributed by atoms with Gasteiger partial charge in [-0.2, -0.15) is 0 Å². The minimum Gasteiger partial charge on any atom is -0.392 e. The lowest BCUT2D eigenvalue weighted by atomic mass is 9.77. The van der Waals surface area contributed by atoms with Crippen LogP contribution in [0.4, 0.5) is 4.39 Å².